The molecular weight excluding hydrogens is 217 g/mol. The van der Waals surface area contributed by atoms with Gasteiger partial charge in [-0.15, -0.1) is 11.3 Å². The van der Waals surface area contributed by atoms with Gasteiger partial charge in [-0.2, -0.15) is 0 Å². The Balaban J connectivity index is 2.83. The minimum atomic E-state index is -0.979. The van der Waals surface area contributed by atoms with Crippen molar-refractivity contribution in [1.29, 1.82) is 0 Å². The van der Waals surface area contributed by atoms with Crippen LogP contribution in [0.15, 0.2) is 18.0 Å². The van der Waals surface area contributed by atoms with Crippen LogP contribution in [0.2, 0.25) is 0 Å². The molecule has 0 aliphatic carbocycles. The van der Waals surface area contributed by atoms with Gasteiger partial charge in [0.1, 0.15) is 7.85 Å². The number of hydrogen-bond acceptors (Lipinski definition) is 6. The average molecular weight is 223 g/mol. The summed E-state index contributed by atoms with van der Waals surface area (Å²) in [5.74, 6) is -2.34. The molecule has 0 unspecified atom stereocenters. The standard InChI is InChI=1S/C8H6BNO4S/c1-14-8(13)5(12)2-4(11)7-10-3-6(9)15-7/h2-3,12H,1H3/b5-2-. The van der Waals surface area contributed by atoms with Gasteiger partial charge in [-0.25, -0.2) is 9.78 Å². The molecule has 1 aromatic rings. The minimum Gasteiger partial charge on any atom is -0.502 e. The second-order valence-corrected chi connectivity index (χ2v) is 3.52. The molecule has 0 aliphatic rings. The molecule has 2 radical (unpaired) electrons. The average Bonchev–Trinajstić information content (AvgIpc) is 2.63. The number of thiazole rings is 1. The first-order valence-electron chi connectivity index (χ1n) is 3.79. The molecule has 7 heteroatoms. The number of nitrogens with zero attached hydrogens (tertiary/aromatic N) is 1. The Hall–Kier alpha value is -1.63. The number of methoxy groups -OCH3 is 1. The van der Waals surface area contributed by atoms with Crippen molar-refractivity contribution in [2.45, 2.75) is 0 Å². The third kappa shape index (κ3) is 2.92. The zero-order chi connectivity index (χ0) is 11.4. The number of hydrogen-bond donors (Lipinski definition) is 1. The quantitative estimate of drug-likeness (QED) is 0.251. The number of allylic oxidation sites excluding steroid dienone is 1. The van der Waals surface area contributed by atoms with Crippen LogP contribution in [-0.4, -0.2) is 36.8 Å². The normalized spacial score (nSPS) is 11.1. The zero-order valence-electron chi connectivity index (χ0n) is 7.76. The summed E-state index contributed by atoms with van der Waals surface area (Å²) >= 11 is 0.966. The van der Waals surface area contributed by atoms with E-state index in [1.165, 1.54) is 6.20 Å². The van der Waals surface area contributed by atoms with E-state index in [0.29, 0.717) is 4.78 Å². The molecule has 0 spiro atoms. The van der Waals surface area contributed by atoms with Gasteiger partial charge in [0.2, 0.25) is 11.5 Å². The van der Waals surface area contributed by atoms with E-state index in [2.05, 4.69) is 9.72 Å². The predicted molar refractivity (Wildman–Crippen MR) is 54.6 cm³/mol. The zero-order valence-corrected chi connectivity index (χ0v) is 8.58. The molecule has 0 amide bonds. The second kappa shape index (κ2) is 4.74. The number of ketones is 1. The molecule has 1 N–H and O–H groups in total. The lowest BCUT2D eigenvalue weighted by atomic mass is 10.1. The number of aliphatic hydroxyl groups excluding tert-OH is 1. The summed E-state index contributed by atoms with van der Waals surface area (Å²) in [7, 11) is 6.46. The van der Waals surface area contributed by atoms with Gasteiger partial charge < -0.3 is 9.84 Å². The fourth-order valence-corrected chi connectivity index (χ4v) is 1.34. The van der Waals surface area contributed by atoms with E-state index in [0.717, 1.165) is 24.5 Å². The summed E-state index contributed by atoms with van der Waals surface area (Å²) in [6.45, 7) is 0. The van der Waals surface area contributed by atoms with Gasteiger partial charge in [0.25, 0.3) is 0 Å². The number of rotatable bonds is 3. The van der Waals surface area contributed by atoms with Gasteiger partial charge in [0.05, 0.1) is 7.11 Å². The van der Waals surface area contributed by atoms with Crippen LogP contribution in [0.4, 0.5) is 0 Å². The van der Waals surface area contributed by atoms with E-state index in [1.807, 2.05) is 0 Å². The molecular formula is C8H6BNO4S. The Labute approximate surface area is 90.8 Å². The van der Waals surface area contributed by atoms with Crippen LogP contribution < -0.4 is 4.78 Å². The molecule has 0 aliphatic heterocycles. The third-order valence-electron chi connectivity index (χ3n) is 1.40. The van der Waals surface area contributed by atoms with Gasteiger partial charge in [-0.3, -0.25) is 4.79 Å². The Bertz CT molecular complexity index is 426. The predicted octanol–water partition coefficient (Wildman–Crippen LogP) is -0.266. The van der Waals surface area contributed by atoms with Crippen molar-refractivity contribution < 1.29 is 19.4 Å². The molecule has 0 bridgehead atoms. The van der Waals surface area contributed by atoms with E-state index in [-0.39, 0.29) is 5.01 Å². The van der Waals surface area contributed by atoms with Crippen molar-refractivity contribution in [3.8, 4) is 0 Å². The maximum absolute atomic E-state index is 11.3. The van der Waals surface area contributed by atoms with Crippen molar-refractivity contribution in [1.82, 2.24) is 4.98 Å². The van der Waals surface area contributed by atoms with Crippen LogP contribution in [0.1, 0.15) is 9.80 Å². The lowest BCUT2D eigenvalue weighted by Gasteiger charge is -1.95. The molecule has 0 aromatic carbocycles. The number of aromatic nitrogens is 1. The molecule has 15 heavy (non-hydrogen) atoms. The molecule has 0 saturated carbocycles. The van der Waals surface area contributed by atoms with Crippen LogP contribution in [0.3, 0.4) is 0 Å². The molecule has 0 atom stereocenters. The van der Waals surface area contributed by atoms with Gasteiger partial charge >= 0.3 is 5.97 Å². The van der Waals surface area contributed by atoms with Crippen LogP contribution in [0, 0.1) is 0 Å². The summed E-state index contributed by atoms with van der Waals surface area (Å²) in [5, 5.41) is 9.17. The van der Waals surface area contributed by atoms with Gasteiger partial charge in [0.15, 0.2) is 5.01 Å². The first-order chi connectivity index (χ1) is 7.04. The summed E-state index contributed by atoms with van der Waals surface area (Å²) in [6, 6.07) is 0. The highest BCUT2D eigenvalue weighted by Crippen LogP contribution is 2.05. The van der Waals surface area contributed by atoms with Crippen molar-refractivity contribution in [2.75, 3.05) is 7.11 Å². The lowest BCUT2D eigenvalue weighted by Crippen LogP contribution is -2.06. The fourth-order valence-electron chi connectivity index (χ4n) is 0.750. The summed E-state index contributed by atoms with van der Waals surface area (Å²) < 4.78 is 4.58. The number of carbonyl (C=O) groups is 2. The highest BCUT2D eigenvalue weighted by Gasteiger charge is 2.13. The van der Waals surface area contributed by atoms with E-state index in [9.17, 15) is 9.59 Å². The summed E-state index contributed by atoms with van der Waals surface area (Å²) in [5.41, 5.74) is 0. The highest BCUT2D eigenvalue weighted by molar-refractivity contribution is 7.21. The Morgan fingerprint density at radius 1 is 1.67 bits per heavy atom. The molecule has 1 heterocycles. The first-order valence-corrected chi connectivity index (χ1v) is 4.61. The number of carbonyl (C=O) groups excluding carboxylic acids is 2. The van der Waals surface area contributed by atoms with Crippen LogP contribution in [-0.2, 0) is 9.53 Å². The highest BCUT2D eigenvalue weighted by atomic mass is 32.1. The Kier molecular flexibility index (Phi) is 3.62. The van der Waals surface area contributed by atoms with Crippen LogP contribution >= 0.6 is 11.3 Å². The van der Waals surface area contributed by atoms with Gasteiger partial charge in [-0.05, 0) is 4.78 Å². The first kappa shape index (κ1) is 11.4. The minimum absolute atomic E-state index is 0.1000. The molecule has 1 aromatic heterocycles. The van der Waals surface area contributed by atoms with Crippen molar-refractivity contribution >= 4 is 35.7 Å². The number of esters is 1. The van der Waals surface area contributed by atoms with E-state index in [1.54, 1.807) is 0 Å². The summed E-state index contributed by atoms with van der Waals surface area (Å²) in [6.07, 6.45) is 2.06. The molecule has 0 fully saturated rings. The SMILES string of the molecule is [B]c1cnc(C(=O)/C=C(\O)C(=O)OC)s1. The maximum atomic E-state index is 11.3. The lowest BCUT2D eigenvalue weighted by molar-refractivity contribution is -0.139. The van der Waals surface area contributed by atoms with Crippen molar-refractivity contribution in [2.24, 2.45) is 0 Å². The van der Waals surface area contributed by atoms with E-state index in [4.69, 9.17) is 13.0 Å². The fraction of sp³-hybridized carbons (Fsp3) is 0.125. The Morgan fingerprint density at radius 2 is 2.33 bits per heavy atom. The third-order valence-corrected chi connectivity index (χ3v) is 2.24. The van der Waals surface area contributed by atoms with Crippen LogP contribution in [0.25, 0.3) is 0 Å². The van der Waals surface area contributed by atoms with E-state index < -0.39 is 17.5 Å². The molecule has 5 nitrogen and oxygen atoms in total. The summed E-state index contributed by atoms with van der Waals surface area (Å²) in [4.78, 5) is 25.8. The molecule has 1 rings (SSSR count). The Morgan fingerprint density at radius 3 is 2.80 bits per heavy atom. The topological polar surface area (TPSA) is 76.5 Å². The number of ether oxygens (including phenoxy) is 1. The molecule has 76 valence electrons. The van der Waals surface area contributed by atoms with Crippen molar-refractivity contribution in [3.05, 3.63) is 23.0 Å². The molecule has 0 saturated heterocycles. The van der Waals surface area contributed by atoms with Crippen LogP contribution in [0.5, 0.6) is 0 Å². The smallest absolute Gasteiger partial charge is 0.373 e. The largest absolute Gasteiger partial charge is 0.502 e. The second-order valence-electron chi connectivity index (χ2n) is 2.45. The van der Waals surface area contributed by atoms with Crippen molar-refractivity contribution in [3.63, 3.8) is 0 Å². The monoisotopic (exact) mass is 223 g/mol. The van der Waals surface area contributed by atoms with Gasteiger partial charge in [0, 0.05) is 12.3 Å². The van der Waals surface area contributed by atoms with E-state index >= 15 is 0 Å². The number of aliphatic hydroxyl groups is 1. The maximum Gasteiger partial charge on any atom is 0.373 e. The van der Waals surface area contributed by atoms with Gasteiger partial charge in [-0.1, -0.05) is 0 Å².